The molecule has 1 heterocycles. The van der Waals surface area contributed by atoms with Crippen LogP contribution in [-0.2, 0) is 9.53 Å². The third-order valence-electron chi connectivity index (χ3n) is 2.51. The van der Waals surface area contributed by atoms with Crippen LogP contribution in [0.1, 0.15) is 15.4 Å². The van der Waals surface area contributed by atoms with Crippen LogP contribution in [0.5, 0.6) is 0 Å². The molecule has 2 rings (SSSR count). The molecule has 21 heavy (non-hydrogen) atoms. The van der Waals surface area contributed by atoms with Gasteiger partial charge in [0.05, 0.1) is 19.2 Å². The lowest BCUT2D eigenvalue weighted by Crippen LogP contribution is -2.21. The van der Waals surface area contributed by atoms with Gasteiger partial charge in [-0.1, -0.05) is 17.4 Å². The number of ether oxygens (including phenoxy) is 1. The molecular weight excluding hydrogens is 292 g/mol. The minimum Gasteiger partial charge on any atom is -0.465 e. The van der Waals surface area contributed by atoms with Crippen LogP contribution in [0, 0.1) is 6.92 Å². The molecule has 1 aromatic carbocycles. The average Bonchev–Trinajstić information content (AvgIpc) is 2.89. The number of amides is 1. The molecule has 0 atom stereocenters. The highest BCUT2D eigenvalue weighted by atomic mass is 32.1. The largest absolute Gasteiger partial charge is 0.465 e. The van der Waals surface area contributed by atoms with E-state index < -0.39 is 5.97 Å². The lowest BCUT2D eigenvalue weighted by Gasteiger charge is -2.07. The van der Waals surface area contributed by atoms with Gasteiger partial charge in [-0.25, -0.2) is 4.79 Å². The van der Waals surface area contributed by atoms with E-state index in [1.165, 1.54) is 18.4 Å². The lowest BCUT2D eigenvalue weighted by atomic mass is 10.2. The number of aryl methyl sites for hydroxylation is 1. The second-order valence-corrected chi connectivity index (χ2v) is 5.28. The SMILES string of the molecule is COC(=O)c1cccc(NCC(=O)Nc2nnc(C)s2)c1. The predicted molar refractivity (Wildman–Crippen MR) is 79.5 cm³/mol. The van der Waals surface area contributed by atoms with Crippen LogP contribution in [0.4, 0.5) is 10.8 Å². The van der Waals surface area contributed by atoms with E-state index in [2.05, 4.69) is 25.6 Å². The molecule has 0 aliphatic heterocycles. The summed E-state index contributed by atoms with van der Waals surface area (Å²) in [5.74, 6) is -0.665. The molecule has 7 nitrogen and oxygen atoms in total. The van der Waals surface area contributed by atoms with Gasteiger partial charge >= 0.3 is 5.97 Å². The van der Waals surface area contributed by atoms with E-state index >= 15 is 0 Å². The molecule has 2 aromatic rings. The Labute approximate surface area is 125 Å². The summed E-state index contributed by atoms with van der Waals surface area (Å²) < 4.78 is 4.64. The molecule has 0 aliphatic rings. The summed E-state index contributed by atoms with van der Waals surface area (Å²) in [4.78, 5) is 23.1. The zero-order valence-electron chi connectivity index (χ0n) is 11.5. The van der Waals surface area contributed by atoms with Crippen LogP contribution < -0.4 is 10.6 Å². The Kier molecular flexibility index (Phi) is 4.83. The molecule has 0 unspecified atom stereocenters. The molecule has 0 saturated heterocycles. The molecule has 1 amide bonds. The first-order chi connectivity index (χ1) is 10.1. The van der Waals surface area contributed by atoms with Crippen LogP contribution in [0.15, 0.2) is 24.3 Å². The standard InChI is InChI=1S/C13H14N4O3S/c1-8-16-17-13(21-8)15-11(18)7-14-10-5-3-4-9(6-10)12(19)20-2/h3-6,14H,7H2,1-2H3,(H,15,17,18). The Hall–Kier alpha value is -2.48. The van der Waals surface area contributed by atoms with Gasteiger partial charge < -0.3 is 10.1 Å². The zero-order chi connectivity index (χ0) is 15.2. The van der Waals surface area contributed by atoms with Gasteiger partial charge in [0.15, 0.2) is 0 Å². The van der Waals surface area contributed by atoms with Gasteiger partial charge in [-0.2, -0.15) is 0 Å². The molecule has 1 aromatic heterocycles. The molecule has 0 spiro atoms. The number of anilines is 2. The van der Waals surface area contributed by atoms with Crippen molar-refractivity contribution in [3.63, 3.8) is 0 Å². The number of benzene rings is 1. The summed E-state index contributed by atoms with van der Waals surface area (Å²) in [7, 11) is 1.32. The van der Waals surface area contributed by atoms with E-state index in [0.29, 0.717) is 16.4 Å². The first-order valence-corrected chi connectivity index (χ1v) is 6.92. The van der Waals surface area contributed by atoms with Crippen molar-refractivity contribution in [2.24, 2.45) is 0 Å². The van der Waals surface area contributed by atoms with Gasteiger partial charge in [-0.05, 0) is 25.1 Å². The highest BCUT2D eigenvalue weighted by molar-refractivity contribution is 7.15. The molecule has 0 bridgehead atoms. The van der Waals surface area contributed by atoms with Crippen LogP contribution in [-0.4, -0.2) is 35.7 Å². The number of rotatable bonds is 5. The molecule has 0 fully saturated rings. The van der Waals surface area contributed by atoms with Crippen molar-refractivity contribution in [1.29, 1.82) is 0 Å². The van der Waals surface area contributed by atoms with Crippen molar-refractivity contribution < 1.29 is 14.3 Å². The third-order valence-corrected chi connectivity index (χ3v) is 3.26. The topological polar surface area (TPSA) is 93.2 Å². The maximum Gasteiger partial charge on any atom is 0.337 e. The average molecular weight is 306 g/mol. The first kappa shape index (κ1) is 14.9. The van der Waals surface area contributed by atoms with Crippen LogP contribution in [0.25, 0.3) is 0 Å². The molecule has 8 heteroatoms. The lowest BCUT2D eigenvalue weighted by molar-refractivity contribution is -0.114. The zero-order valence-corrected chi connectivity index (χ0v) is 12.4. The molecule has 0 saturated carbocycles. The number of hydrogen-bond donors (Lipinski definition) is 2. The maximum atomic E-state index is 11.7. The monoisotopic (exact) mass is 306 g/mol. The molecular formula is C13H14N4O3S. The second kappa shape index (κ2) is 6.80. The molecule has 0 aliphatic carbocycles. The van der Waals surface area contributed by atoms with Crippen LogP contribution in [0.3, 0.4) is 0 Å². The fourth-order valence-corrected chi connectivity index (χ4v) is 2.17. The van der Waals surface area contributed by atoms with Crippen molar-refractivity contribution in [2.45, 2.75) is 6.92 Å². The van der Waals surface area contributed by atoms with Gasteiger partial charge in [0.1, 0.15) is 5.01 Å². The van der Waals surface area contributed by atoms with Crippen LogP contribution >= 0.6 is 11.3 Å². The number of nitrogens with one attached hydrogen (secondary N) is 2. The van der Waals surface area contributed by atoms with Crippen molar-refractivity contribution in [3.05, 3.63) is 34.8 Å². The number of carbonyl (C=O) groups excluding carboxylic acids is 2. The summed E-state index contributed by atoms with van der Waals surface area (Å²) in [6.45, 7) is 1.87. The Morgan fingerprint density at radius 1 is 1.33 bits per heavy atom. The molecule has 0 radical (unpaired) electrons. The van der Waals surface area contributed by atoms with E-state index in [-0.39, 0.29) is 12.5 Å². The number of nitrogens with zero attached hydrogens (tertiary/aromatic N) is 2. The fraction of sp³-hybridized carbons (Fsp3) is 0.231. The van der Waals surface area contributed by atoms with Crippen molar-refractivity contribution in [2.75, 3.05) is 24.3 Å². The number of aromatic nitrogens is 2. The Balaban J connectivity index is 1.90. The van der Waals surface area contributed by atoms with Gasteiger partial charge in [0, 0.05) is 5.69 Å². The number of methoxy groups -OCH3 is 1. The number of carbonyl (C=O) groups is 2. The second-order valence-electron chi connectivity index (χ2n) is 4.10. The number of esters is 1. The highest BCUT2D eigenvalue weighted by Crippen LogP contribution is 2.14. The Bertz CT molecular complexity index is 656. The normalized spacial score (nSPS) is 10.0. The quantitative estimate of drug-likeness (QED) is 0.816. The summed E-state index contributed by atoms with van der Waals surface area (Å²) in [6, 6.07) is 6.73. The minimum absolute atomic E-state index is 0.0588. The summed E-state index contributed by atoms with van der Waals surface area (Å²) in [5, 5.41) is 14.4. The summed E-state index contributed by atoms with van der Waals surface area (Å²) >= 11 is 1.30. The fourth-order valence-electron chi connectivity index (χ4n) is 1.57. The third kappa shape index (κ3) is 4.25. The minimum atomic E-state index is -0.424. The van der Waals surface area contributed by atoms with Crippen LogP contribution in [0.2, 0.25) is 0 Å². The predicted octanol–water partition coefficient (Wildman–Crippen LogP) is 1.68. The van der Waals surface area contributed by atoms with Gasteiger partial charge in [-0.3, -0.25) is 10.1 Å². The molecule has 2 N–H and O–H groups in total. The maximum absolute atomic E-state index is 11.7. The first-order valence-electron chi connectivity index (χ1n) is 6.10. The summed E-state index contributed by atoms with van der Waals surface area (Å²) in [5.41, 5.74) is 1.07. The number of hydrogen-bond acceptors (Lipinski definition) is 7. The van der Waals surface area contributed by atoms with E-state index in [1.54, 1.807) is 24.3 Å². The smallest absolute Gasteiger partial charge is 0.337 e. The Morgan fingerprint density at radius 3 is 2.81 bits per heavy atom. The van der Waals surface area contributed by atoms with Crippen molar-refractivity contribution >= 4 is 34.0 Å². The van der Waals surface area contributed by atoms with Gasteiger partial charge in [-0.15, -0.1) is 10.2 Å². The van der Waals surface area contributed by atoms with Gasteiger partial charge in [0.2, 0.25) is 11.0 Å². The van der Waals surface area contributed by atoms with E-state index in [0.717, 1.165) is 5.01 Å². The Morgan fingerprint density at radius 2 is 2.14 bits per heavy atom. The molecule has 110 valence electrons. The highest BCUT2D eigenvalue weighted by Gasteiger charge is 2.08. The van der Waals surface area contributed by atoms with E-state index in [4.69, 9.17) is 0 Å². The van der Waals surface area contributed by atoms with Crippen molar-refractivity contribution in [1.82, 2.24) is 10.2 Å². The van der Waals surface area contributed by atoms with E-state index in [9.17, 15) is 9.59 Å². The summed E-state index contributed by atoms with van der Waals surface area (Å²) in [6.07, 6.45) is 0. The van der Waals surface area contributed by atoms with Gasteiger partial charge in [0.25, 0.3) is 0 Å². The van der Waals surface area contributed by atoms with Crippen molar-refractivity contribution in [3.8, 4) is 0 Å². The van der Waals surface area contributed by atoms with E-state index in [1.807, 2.05) is 6.92 Å².